The van der Waals surface area contributed by atoms with Crippen molar-refractivity contribution in [3.63, 3.8) is 0 Å². The van der Waals surface area contributed by atoms with Gasteiger partial charge in [-0.1, -0.05) is 6.92 Å². The summed E-state index contributed by atoms with van der Waals surface area (Å²) in [4.78, 5) is 0. The Morgan fingerprint density at radius 2 is 2.00 bits per heavy atom. The second-order valence-electron chi connectivity index (χ2n) is 4.23. The van der Waals surface area contributed by atoms with Gasteiger partial charge in [0.1, 0.15) is 5.69 Å². The number of aryl methyl sites for hydroxylation is 1. The number of nitrogens with zero attached hydrogens (tertiary/aromatic N) is 2. The summed E-state index contributed by atoms with van der Waals surface area (Å²) >= 11 is 0. The van der Waals surface area contributed by atoms with E-state index in [1.165, 1.54) is 13.8 Å². The van der Waals surface area contributed by atoms with E-state index in [1.54, 1.807) is 0 Å². The summed E-state index contributed by atoms with van der Waals surface area (Å²) in [5.41, 5.74) is -2.08. The zero-order valence-corrected chi connectivity index (χ0v) is 9.28. The molecule has 0 bridgehead atoms. The smallest absolute Gasteiger partial charge is 0.263 e. The number of halogens is 5. The van der Waals surface area contributed by atoms with E-state index < -0.39 is 35.8 Å². The average Bonchev–Trinajstić information content (AvgIpc) is 2.63. The molecule has 0 amide bonds. The fourth-order valence-electron chi connectivity index (χ4n) is 2.35. The third kappa shape index (κ3) is 1.71. The molecule has 0 spiro atoms. The molecule has 1 aliphatic rings. The van der Waals surface area contributed by atoms with Gasteiger partial charge in [0.2, 0.25) is 0 Å². The second-order valence-corrected chi connectivity index (χ2v) is 4.23. The Bertz CT molecular complexity index is 446. The first-order chi connectivity index (χ1) is 7.68. The highest BCUT2D eigenvalue weighted by atomic mass is 19.4. The Morgan fingerprint density at radius 1 is 1.41 bits per heavy atom. The van der Waals surface area contributed by atoms with Gasteiger partial charge in [-0.3, -0.25) is 4.68 Å². The molecule has 96 valence electrons. The van der Waals surface area contributed by atoms with Crippen LogP contribution in [0.2, 0.25) is 0 Å². The van der Waals surface area contributed by atoms with Gasteiger partial charge in [-0.25, -0.2) is 0 Å². The van der Waals surface area contributed by atoms with Gasteiger partial charge >= 0.3 is 6.18 Å². The molecule has 2 nitrogen and oxygen atoms in total. The van der Waals surface area contributed by atoms with Crippen molar-refractivity contribution < 1.29 is 22.0 Å². The second kappa shape index (κ2) is 3.43. The van der Waals surface area contributed by atoms with Crippen molar-refractivity contribution in [2.45, 2.75) is 44.8 Å². The zero-order valence-electron chi connectivity index (χ0n) is 9.28. The first-order valence-corrected chi connectivity index (χ1v) is 5.24. The summed E-state index contributed by atoms with van der Waals surface area (Å²) < 4.78 is 66.1. The van der Waals surface area contributed by atoms with Crippen molar-refractivity contribution >= 4 is 0 Å². The van der Waals surface area contributed by atoms with Gasteiger partial charge in [-0.15, -0.1) is 0 Å². The fourth-order valence-corrected chi connectivity index (χ4v) is 2.35. The maximum absolute atomic E-state index is 13.6. The molecule has 0 radical (unpaired) electrons. The molecule has 0 N–H and O–H groups in total. The predicted octanol–water partition coefficient (Wildman–Crippen LogP) is 3.52. The van der Waals surface area contributed by atoms with Crippen LogP contribution in [0.25, 0.3) is 0 Å². The normalized spacial score (nSPS) is 22.9. The Labute approximate surface area is 94.4 Å². The molecule has 1 aromatic rings. The number of alkyl halides is 5. The molecule has 0 aliphatic heterocycles. The molecule has 0 fully saturated rings. The lowest BCUT2D eigenvalue weighted by Crippen LogP contribution is -2.16. The van der Waals surface area contributed by atoms with Gasteiger partial charge in [-0.2, -0.15) is 27.1 Å². The number of hydrogen-bond donors (Lipinski definition) is 0. The fraction of sp³-hybridized carbons (Fsp3) is 0.700. The number of rotatable bonds is 1. The third-order valence-corrected chi connectivity index (χ3v) is 2.96. The molecule has 7 heteroatoms. The van der Waals surface area contributed by atoms with Crippen LogP contribution in [-0.2, 0) is 18.6 Å². The molecule has 2 rings (SSSR count). The maximum atomic E-state index is 13.6. The Hall–Kier alpha value is -1.14. The quantitative estimate of drug-likeness (QED) is 0.701. The topological polar surface area (TPSA) is 17.8 Å². The van der Waals surface area contributed by atoms with Crippen molar-refractivity contribution in [1.82, 2.24) is 9.78 Å². The summed E-state index contributed by atoms with van der Waals surface area (Å²) in [6.07, 6.45) is -5.26. The lowest BCUT2D eigenvalue weighted by Gasteiger charge is -2.12. The average molecular weight is 254 g/mol. The summed E-state index contributed by atoms with van der Waals surface area (Å²) in [7, 11) is 0. The first kappa shape index (κ1) is 12.3. The van der Waals surface area contributed by atoms with E-state index in [4.69, 9.17) is 0 Å². The summed E-state index contributed by atoms with van der Waals surface area (Å²) in [5.74, 6) is -4.04. The van der Waals surface area contributed by atoms with E-state index in [0.717, 1.165) is 4.68 Å². The van der Waals surface area contributed by atoms with Crippen LogP contribution in [0.4, 0.5) is 22.0 Å². The van der Waals surface area contributed by atoms with Gasteiger partial charge in [0.15, 0.2) is 5.69 Å². The number of fused-ring (bicyclic) bond motifs is 1. The largest absolute Gasteiger partial charge is 0.435 e. The molecular weight excluding hydrogens is 243 g/mol. The Kier molecular flexibility index (Phi) is 2.48. The van der Waals surface area contributed by atoms with Crippen molar-refractivity contribution in [3.05, 3.63) is 17.0 Å². The Morgan fingerprint density at radius 3 is 2.47 bits per heavy atom. The first-order valence-electron chi connectivity index (χ1n) is 5.24. The SMILES string of the molecule is CCn1nc(C(F)(F)F)c2c1C(F)(F)CC2C. The highest BCUT2D eigenvalue weighted by molar-refractivity contribution is 5.39. The van der Waals surface area contributed by atoms with Crippen LogP contribution in [0.3, 0.4) is 0 Å². The van der Waals surface area contributed by atoms with Gasteiger partial charge in [0.05, 0.1) is 0 Å². The minimum atomic E-state index is -4.68. The van der Waals surface area contributed by atoms with Crippen LogP contribution < -0.4 is 0 Å². The number of hydrogen-bond acceptors (Lipinski definition) is 1. The third-order valence-electron chi connectivity index (χ3n) is 2.96. The predicted molar refractivity (Wildman–Crippen MR) is 49.8 cm³/mol. The lowest BCUT2D eigenvalue weighted by atomic mass is 10.0. The van der Waals surface area contributed by atoms with Crippen LogP contribution in [-0.4, -0.2) is 9.78 Å². The molecule has 0 aromatic carbocycles. The van der Waals surface area contributed by atoms with E-state index in [0.29, 0.717) is 0 Å². The van der Waals surface area contributed by atoms with Crippen LogP contribution in [0.5, 0.6) is 0 Å². The monoisotopic (exact) mass is 254 g/mol. The molecule has 0 saturated heterocycles. The van der Waals surface area contributed by atoms with Crippen LogP contribution in [0, 0.1) is 0 Å². The highest BCUT2D eigenvalue weighted by Gasteiger charge is 2.52. The molecule has 1 atom stereocenters. The summed E-state index contributed by atoms with van der Waals surface area (Å²) in [6.45, 7) is 2.86. The standard InChI is InChI=1S/C10H11F5N2/c1-3-17-8-6(5(2)4-9(8,11)12)7(16-17)10(13,14)15/h5H,3-4H2,1-2H3. The van der Waals surface area contributed by atoms with Gasteiger partial charge in [-0.05, 0) is 12.8 Å². The summed E-state index contributed by atoms with van der Waals surface area (Å²) in [5, 5.41) is 3.28. The Balaban J connectivity index is 2.69. The molecule has 1 aliphatic carbocycles. The van der Waals surface area contributed by atoms with Crippen LogP contribution >= 0.6 is 0 Å². The molecule has 17 heavy (non-hydrogen) atoms. The van der Waals surface area contributed by atoms with Gasteiger partial charge in [0.25, 0.3) is 5.92 Å². The highest BCUT2D eigenvalue weighted by Crippen LogP contribution is 2.51. The van der Waals surface area contributed by atoms with E-state index in [1.807, 2.05) is 0 Å². The lowest BCUT2D eigenvalue weighted by molar-refractivity contribution is -0.142. The molecule has 1 heterocycles. The van der Waals surface area contributed by atoms with Crippen molar-refractivity contribution in [1.29, 1.82) is 0 Å². The van der Waals surface area contributed by atoms with E-state index >= 15 is 0 Å². The minimum absolute atomic E-state index is 0.000718. The molecular formula is C10H11F5N2. The minimum Gasteiger partial charge on any atom is -0.263 e. The van der Waals surface area contributed by atoms with E-state index in [9.17, 15) is 22.0 Å². The summed E-state index contributed by atoms with van der Waals surface area (Å²) in [6, 6.07) is 0. The van der Waals surface area contributed by atoms with E-state index in [-0.39, 0.29) is 12.1 Å². The van der Waals surface area contributed by atoms with Gasteiger partial charge in [0, 0.05) is 18.5 Å². The molecule has 0 saturated carbocycles. The van der Waals surface area contributed by atoms with Crippen LogP contribution in [0.15, 0.2) is 0 Å². The van der Waals surface area contributed by atoms with Crippen molar-refractivity contribution in [2.24, 2.45) is 0 Å². The van der Waals surface area contributed by atoms with E-state index in [2.05, 4.69) is 5.10 Å². The van der Waals surface area contributed by atoms with Crippen molar-refractivity contribution in [3.8, 4) is 0 Å². The number of aromatic nitrogens is 2. The molecule has 1 unspecified atom stereocenters. The van der Waals surface area contributed by atoms with Gasteiger partial charge < -0.3 is 0 Å². The van der Waals surface area contributed by atoms with Crippen molar-refractivity contribution in [2.75, 3.05) is 0 Å². The zero-order chi connectivity index (χ0) is 13.0. The van der Waals surface area contributed by atoms with Crippen LogP contribution in [0.1, 0.15) is 43.1 Å². The molecule has 1 aromatic heterocycles. The maximum Gasteiger partial charge on any atom is 0.435 e.